The number of benzene rings is 1. The van der Waals surface area contributed by atoms with Crippen LogP contribution in [0.1, 0.15) is 38.2 Å². The van der Waals surface area contributed by atoms with Crippen molar-refractivity contribution in [2.75, 3.05) is 45.8 Å². The van der Waals surface area contributed by atoms with E-state index < -0.39 is 0 Å². The normalized spacial score (nSPS) is 21.2. The first-order valence-corrected chi connectivity index (χ1v) is 9.53. The maximum Gasteiger partial charge on any atom is 0.230 e. The monoisotopic (exact) mass is 329 g/mol. The second-order valence-corrected chi connectivity index (χ2v) is 7.19. The van der Waals surface area contributed by atoms with E-state index in [4.69, 9.17) is 0 Å². The molecule has 4 nitrogen and oxygen atoms in total. The summed E-state index contributed by atoms with van der Waals surface area (Å²) in [6, 6.07) is 10.3. The average Bonchev–Trinajstić information content (AvgIpc) is 2.59. The molecule has 1 aromatic carbocycles. The van der Waals surface area contributed by atoms with Crippen molar-refractivity contribution < 1.29 is 4.79 Å². The molecule has 4 heteroatoms. The van der Waals surface area contributed by atoms with E-state index in [0.29, 0.717) is 0 Å². The first kappa shape index (κ1) is 17.4. The zero-order chi connectivity index (χ0) is 16.8. The molecule has 132 valence electrons. The highest BCUT2D eigenvalue weighted by molar-refractivity contribution is 5.89. The van der Waals surface area contributed by atoms with Gasteiger partial charge in [0.15, 0.2) is 0 Å². The Morgan fingerprint density at radius 1 is 1.08 bits per heavy atom. The Kier molecular flexibility index (Phi) is 5.90. The lowest BCUT2D eigenvalue weighted by Crippen LogP contribution is -2.50. The van der Waals surface area contributed by atoms with E-state index in [1.54, 1.807) is 0 Å². The predicted octanol–water partition coefficient (Wildman–Crippen LogP) is 2.25. The summed E-state index contributed by atoms with van der Waals surface area (Å²) in [6.45, 7) is 9.96. The van der Waals surface area contributed by atoms with E-state index in [1.165, 1.54) is 18.7 Å². The quantitative estimate of drug-likeness (QED) is 0.780. The van der Waals surface area contributed by atoms with Gasteiger partial charge in [0, 0.05) is 32.7 Å². The molecule has 1 amide bonds. The van der Waals surface area contributed by atoms with Crippen molar-refractivity contribution in [2.45, 2.75) is 38.0 Å². The van der Waals surface area contributed by atoms with Crippen molar-refractivity contribution in [1.82, 2.24) is 15.1 Å². The van der Waals surface area contributed by atoms with Crippen molar-refractivity contribution in [3.8, 4) is 0 Å². The van der Waals surface area contributed by atoms with Crippen LogP contribution in [0.4, 0.5) is 0 Å². The molecule has 1 aliphatic heterocycles. The van der Waals surface area contributed by atoms with Gasteiger partial charge in [0.2, 0.25) is 5.91 Å². The van der Waals surface area contributed by atoms with Gasteiger partial charge in [0.25, 0.3) is 0 Å². The van der Waals surface area contributed by atoms with Crippen molar-refractivity contribution in [2.24, 2.45) is 0 Å². The van der Waals surface area contributed by atoms with Crippen LogP contribution in [0.2, 0.25) is 0 Å². The maximum absolute atomic E-state index is 12.7. The fourth-order valence-electron chi connectivity index (χ4n) is 3.94. The highest BCUT2D eigenvalue weighted by Gasteiger charge is 2.45. The van der Waals surface area contributed by atoms with Gasteiger partial charge in [-0.15, -0.1) is 0 Å². The molecule has 3 rings (SSSR count). The summed E-state index contributed by atoms with van der Waals surface area (Å²) in [5.74, 6) is 0.232. The number of nitrogens with one attached hydrogen (secondary N) is 1. The van der Waals surface area contributed by atoms with Crippen molar-refractivity contribution in [1.29, 1.82) is 0 Å². The molecule has 1 aromatic rings. The topological polar surface area (TPSA) is 35.6 Å². The number of likely N-dealkylation sites (N-methyl/N-ethyl adjacent to an activating group) is 1. The molecule has 0 aromatic heterocycles. The molecular formula is C20H31N3O. The third-order valence-electron chi connectivity index (χ3n) is 5.82. The maximum atomic E-state index is 12.7. The van der Waals surface area contributed by atoms with Crippen LogP contribution in [0.3, 0.4) is 0 Å². The smallest absolute Gasteiger partial charge is 0.230 e. The van der Waals surface area contributed by atoms with Gasteiger partial charge in [0.05, 0.1) is 5.41 Å². The summed E-state index contributed by atoms with van der Waals surface area (Å²) in [5.41, 5.74) is 0.929. The first-order chi connectivity index (χ1) is 11.7. The molecule has 1 N–H and O–H groups in total. The number of amides is 1. The number of piperazine rings is 1. The summed E-state index contributed by atoms with van der Waals surface area (Å²) >= 11 is 0. The lowest BCUT2D eigenvalue weighted by molar-refractivity contribution is -0.129. The zero-order valence-corrected chi connectivity index (χ0v) is 15.0. The van der Waals surface area contributed by atoms with Crippen LogP contribution in [-0.2, 0) is 10.2 Å². The molecule has 0 spiro atoms. The molecular weight excluding hydrogens is 298 g/mol. The zero-order valence-electron chi connectivity index (χ0n) is 15.0. The molecule has 0 radical (unpaired) electrons. The van der Waals surface area contributed by atoms with Crippen LogP contribution >= 0.6 is 0 Å². The van der Waals surface area contributed by atoms with E-state index in [1.807, 2.05) is 18.2 Å². The molecule has 2 aliphatic rings. The molecule has 0 bridgehead atoms. The molecule has 1 heterocycles. The molecule has 24 heavy (non-hydrogen) atoms. The predicted molar refractivity (Wildman–Crippen MR) is 98.2 cm³/mol. The van der Waals surface area contributed by atoms with Gasteiger partial charge in [-0.2, -0.15) is 0 Å². The number of hydrogen-bond donors (Lipinski definition) is 1. The van der Waals surface area contributed by atoms with Crippen LogP contribution in [0, 0.1) is 0 Å². The number of rotatable bonds is 7. The lowest BCUT2D eigenvalue weighted by atomic mass is 9.64. The fraction of sp³-hybridized carbons (Fsp3) is 0.650. The van der Waals surface area contributed by atoms with Crippen LogP contribution in [0.15, 0.2) is 30.3 Å². The molecule has 1 aliphatic carbocycles. The largest absolute Gasteiger partial charge is 0.355 e. The van der Waals surface area contributed by atoms with E-state index in [2.05, 4.69) is 34.2 Å². The Labute approximate surface area is 146 Å². The minimum absolute atomic E-state index is 0.232. The first-order valence-electron chi connectivity index (χ1n) is 9.53. The summed E-state index contributed by atoms with van der Waals surface area (Å²) in [7, 11) is 0. The number of carbonyl (C=O) groups is 1. The number of nitrogens with zero attached hydrogens (tertiary/aromatic N) is 2. The summed E-state index contributed by atoms with van der Waals surface area (Å²) < 4.78 is 0. The highest BCUT2D eigenvalue weighted by atomic mass is 16.2. The van der Waals surface area contributed by atoms with Gasteiger partial charge in [-0.3, -0.25) is 4.79 Å². The minimum atomic E-state index is -0.256. The third-order valence-corrected chi connectivity index (χ3v) is 5.82. The number of hydrogen-bond acceptors (Lipinski definition) is 3. The standard InChI is InChI=1S/C20H31N3O/c1-2-22-14-16-23(17-15-22)13-7-12-21-19(24)20(10-6-11-20)18-8-4-3-5-9-18/h3-5,8-9H,2,6-7,10-17H2,1H3,(H,21,24). The van der Waals surface area contributed by atoms with Crippen LogP contribution in [0.5, 0.6) is 0 Å². The van der Waals surface area contributed by atoms with Gasteiger partial charge >= 0.3 is 0 Å². The Bertz CT molecular complexity index is 519. The number of carbonyl (C=O) groups excluding carboxylic acids is 1. The molecule has 1 saturated heterocycles. The van der Waals surface area contributed by atoms with Crippen LogP contribution in [-0.4, -0.2) is 61.5 Å². The van der Waals surface area contributed by atoms with Gasteiger partial charge in [0.1, 0.15) is 0 Å². The average molecular weight is 329 g/mol. The van der Waals surface area contributed by atoms with Crippen LogP contribution < -0.4 is 5.32 Å². The van der Waals surface area contributed by atoms with E-state index in [9.17, 15) is 4.79 Å². The summed E-state index contributed by atoms with van der Waals surface area (Å²) in [6.07, 6.45) is 4.18. The second kappa shape index (κ2) is 8.13. The summed E-state index contributed by atoms with van der Waals surface area (Å²) in [5, 5.41) is 3.21. The molecule has 1 saturated carbocycles. The van der Waals surface area contributed by atoms with Gasteiger partial charge in [-0.1, -0.05) is 43.7 Å². The Morgan fingerprint density at radius 2 is 1.75 bits per heavy atom. The van der Waals surface area contributed by atoms with E-state index in [0.717, 1.165) is 58.4 Å². The van der Waals surface area contributed by atoms with Crippen molar-refractivity contribution >= 4 is 5.91 Å². The molecule has 0 atom stereocenters. The second-order valence-electron chi connectivity index (χ2n) is 7.19. The molecule has 0 unspecified atom stereocenters. The fourth-order valence-corrected chi connectivity index (χ4v) is 3.94. The van der Waals surface area contributed by atoms with Gasteiger partial charge in [-0.05, 0) is 37.9 Å². The SMILES string of the molecule is CCN1CCN(CCCNC(=O)C2(c3ccccc3)CCC2)CC1. The Morgan fingerprint density at radius 3 is 2.33 bits per heavy atom. The van der Waals surface area contributed by atoms with Crippen LogP contribution in [0.25, 0.3) is 0 Å². The highest BCUT2D eigenvalue weighted by Crippen LogP contribution is 2.43. The third kappa shape index (κ3) is 3.81. The van der Waals surface area contributed by atoms with Gasteiger partial charge in [-0.25, -0.2) is 0 Å². The Balaban J connectivity index is 1.41. The van der Waals surface area contributed by atoms with E-state index >= 15 is 0 Å². The summed E-state index contributed by atoms with van der Waals surface area (Å²) in [4.78, 5) is 17.8. The van der Waals surface area contributed by atoms with Gasteiger partial charge < -0.3 is 15.1 Å². The van der Waals surface area contributed by atoms with Crippen molar-refractivity contribution in [3.05, 3.63) is 35.9 Å². The molecule has 2 fully saturated rings. The minimum Gasteiger partial charge on any atom is -0.355 e. The Hall–Kier alpha value is -1.39. The lowest BCUT2D eigenvalue weighted by Gasteiger charge is -2.40. The van der Waals surface area contributed by atoms with E-state index in [-0.39, 0.29) is 11.3 Å². The van der Waals surface area contributed by atoms with Crippen molar-refractivity contribution in [3.63, 3.8) is 0 Å².